The second-order valence-corrected chi connectivity index (χ2v) is 6.55. The molecule has 1 aromatic rings. The number of carbonyl (C=O) groups is 1. The number of amides is 1. The minimum absolute atomic E-state index is 0.179. The molecule has 1 aromatic heterocycles. The maximum Gasteiger partial charge on any atom is 0.231 e. The van der Waals surface area contributed by atoms with E-state index in [9.17, 15) is 4.79 Å². The van der Waals surface area contributed by atoms with E-state index < -0.39 is 4.33 Å². The van der Waals surface area contributed by atoms with Crippen LogP contribution in [0.25, 0.3) is 0 Å². The van der Waals surface area contributed by atoms with Crippen molar-refractivity contribution < 1.29 is 9.53 Å². The van der Waals surface area contributed by atoms with E-state index in [1.54, 1.807) is 12.3 Å². The van der Waals surface area contributed by atoms with Crippen LogP contribution in [-0.2, 0) is 9.53 Å². The van der Waals surface area contributed by atoms with E-state index in [0.29, 0.717) is 12.2 Å². The van der Waals surface area contributed by atoms with Gasteiger partial charge >= 0.3 is 0 Å². The monoisotopic (exact) mass is 315 g/mol. The molecule has 0 spiro atoms. The van der Waals surface area contributed by atoms with Crippen molar-refractivity contribution in [2.45, 2.75) is 10.8 Å². The van der Waals surface area contributed by atoms with Crippen LogP contribution in [-0.4, -0.2) is 41.5 Å². The molecule has 1 unspecified atom stereocenters. The molecule has 0 aromatic carbocycles. The van der Waals surface area contributed by atoms with Crippen molar-refractivity contribution in [3.63, 3.8) is 0 Å². The number of halogens is 2. The molecule has 1 saturated carbocycles. The summed E-state index contributed by atoms with van der Waals surface area (Å²) < 4.78 is 4.40. The fraction of sp³-hybridized carbons (Fsp3) is 0.538. The van der Waals surface area contributed by atoms with Gasteiger partial charge in [0.05, 0.1) is 31.0 Å². The first-order valence-electron chi connectivity index (χ1n) is 6.54. The van der Waals surface area contributed by atoms with Crippen molar-refractivity contribution >= 4 is 40.6 Å². The maximum absolute atomic E-state index is 11.8. The summed E-state index contributed by atoms with van der Waals surface area (Å²) in [6, 6.07) is 3.73. The van der Waals surface area contributed by atoms with Crippen LogP contribution in [0.15, 0.2) is 18.3 Å². The van der Waals surface area contributed by atoms with Gasteiger partial charge in [0, 0.05) is 13.1 Å². The Morgan fingerprint density at radius 3 is 2.65 bits per heavy atom. The van der Waals surface area contributed by atoms with Crippen molar-refractivity contribution in [3.8, 4) is 0 Å². The number of nitrogens with zero attached hydrogens (tertiary/aromatic N) is 2. The van der Waals surface area contributed by atoms with E-state index in [4.69, 9.17) is 27.9 Å². The highest BCUT2D eigenvalue weighted by Gasteiger charge is 2.56. The molecule has 5 nitrogen and oxygen atoms in total. The summed E-state index contributed by atoms with van der Waals surface area (Å²) in [6.45, 7) is 3.17. The third-order valence-electron chi connectivity index (χ3n) is 3.52. The second kappa shape index (κ2) is 5.39. The van der Waals surface area contributed by atoms with Crippen molar-refractivity contribution in [1.29, 1.82) is 0 Å². The van der Waals surface area contributed by atoms with Gasteiger partial charge in [0.25, 0.3) is 0 Å². The van der Waals surface area contributed by atoms with Gasteiger partial charge < -0.3 is 15.0 Å². The molecule has 1 saturated heterocycles. The lowest BCUT2D eigenvalue weighted by Gasteiger charge is -2.28. The Labute approximate surface area is 127 Å². The minimum atomic E-state index is -0.905. The maximum atomic E-state index is 11.8. The van der Waals surface area contributed by atoms with Crippen LogP contribution in [0.4, 0.5) is 11.5 Å². The number of pyridine rings is 1. The molecule has 20 heavy (non-hydrogen) atoms. The van der Waals surface area contributed by atoms with Crippen molar-refractivity contribution in [1.82, 2.24) is 4.98 Å². The first kappa shape index (κ1) is 13.9. The minimum Gasteiger partial charge on any atom is -0.378 e. The molecule has 3 rings (SSSR count). The van der Waals surface area contributed by atoms with E-state index in [1.807, 2.05) is 6.07 Å². The predicted octanol–water partition coefficient (Wildman–Crippen LogP) is 2.05. The molecular formula is C13H15Cl2N3O2. The number of hydrogen-bond donors (Lipinski definition) is 1. The second-order valence-electron chi connectivity index (χ2n) is 5.01. The molecule has 1 N–H and O–H groups in total. The van der Waals surface area contributed by atoms with Gasteiger partial charge in [0.15, 0.2) is 0 Å². The first-order valence-corrected chi connectivity index (χ1v) is 7.29. The number of anilines is 2. The van der Waals surface area contributed by atoms with Crippen LogP contribution in [0, 0.1) is 5.92 Å². The highest BCUT2D eigenvalue weighted by atomic mass is 35.5. The van der Waals surface area contributed by atoms with Crippen molar-refractivity contribution in [3.05, 3.63) is 18.3 Å². The first-order chi connectivity index (χ1) is 9.56. The number of morpholine rings is 1. The van der Waals surface area contributed by atoms with Crippen LogP contribution in [0.5, 0.6) is 0 Å². The number of nitrogens with one attached hydrogen (secondary N) is 1. The van der Waals surface area contributed by atoms with Crippen LogP contribution in [0.3, 0.4) is 0 Å². The summed E-state index contributed by atoms with van der Waals surface area (Å²) in [5, 5.41) is 2.73. The summed E-state index contributed by atoms with van der Waals surface area (Å²) in [6.07, 6.45) is 2.25. The van der Waals surface area contributed by atoms with Crippen molar-refractivity contribution in [2.75, 3.05) is 36.5 Å². The number of carbonyl (C=O) groups excluding carboxylic acids is 1. The topological polar surface area (TPSA) is 54.5 Å². The van der Waals surface area contributed by atoms with E-state index in [2.05, 4.69) is 15.2 Å². The Bertz CT molecular complexity index is 501. The van der Waals surface area contributed by atoms with Gasteiger partial charge in [-0.1, -0.05) is 0 Å². The zero-order valence-corrected chi connectivity index (χ0v) is 12.3. The standard InChI is InChI=1S/C13H15Cl2N3O2/c14-13(15)7-10(13)12(19)17-11-2-1-9(8-16-11)18-3-5-20-6-4-18/h1-2,8,10H,3-7H2,(H,16,17,19). The molecule has 7 heteroatoms. The lowest BCUT2D eigenvalue weighted by Crippen LogP contribution is -2.36. The summed E-state index contributed by atoms with van der Waals surface area (Å²) in [7, 11) is 0. The lowest BCUT2D eigenvalue weighted by atomic mass is 10.3. The van der Waals surface area contributed by atoms with Crippen LogP contribution < -0.4 is 10.2 Å². The molecule has 0 bridgehead atoms. The van der Waals surface area contributed by atoms with Gasteiger partial charge in [-0.3, -0.25) is 4.79 Å². The molecule has 0 radical (unpaired) electrons. The van der Waals surface area contributed by atoms with Gasteiger partial charge in [0.2, 0.25) is 5.91 Å². The van der Waals surface area contributed by atoms with Gasteiger partial charge in [-0.05, 0) is 18.6 Å². The molecule has 1 aliphatic carbocycles. The van der Waals surface area contributed by atoms with Gasteiger partial charge in [-0.15, -0.1) is 23.2 Å². The normalized spacial score (nSPS) is 24.3. The molecule has 1 aliphatic heterocycles. The van der Waals surface area contributed by atoms with Crippen LogP contribution in [0.2, 0.25) is 0 Å². The van der Waals surface area contributed by atoms with Gasteiger partial charge in [-0.25, -0.2) is 4.98 Å². The fourth-order valence-electron chi connectivity index (χ4n) is 2.18. The smallest absolute Gasteiger partial charge is 0.231 e. The molecule has 2 fully saturated rings. The Balaban J connectivity index is 1.60. The quantitative estimate of drug-likeness (QED) is 0.867. The number of aromatic nitrogens is 1. The number of rotatable bonds is 3. The van der Waals surface area contributed by atoms with Gasteiger partial charge in [-0.2, -0.15) is 0 Å². The van der Waals surface area contributed by atoms with E-state index in [-0.39, 0.29) is 11.8 Å². The SMILES string of the molecule is O=C(Nc1ccc(N2CCOCC2)cn1)C1CC1(Cl)Cl. The summed E-state index contributed by atoms with van der Waals surface area (Å²) in [5.74, 6) is -0.00350. The zero-order valence-electron chi connectivity index (χ0n) is 10.8. The molecule has 1 amide bonds. The van der Waals surface area contributed by atoms with E-state index >= 15 is 0 Å². The Morgan fingerprint density at radius 1 is 1.40 bits per heavy atom. The van der Waals surface area contributed by atoms with Crippen molar-refractivity contribution in [2.24, 2.45) is 5.92 Å². The van der Waals surface area contributed by atoms with E-state index in [0.717, 1.165) is 32.0 Å². The number of hydrogen-bond acceptors (Lipinski definition) is 4. The molecule has 108 valence electrons. The molecule has 1 atom stereocenters. The Kier molecular flexibility index (Phi) is 3.75. The summed E-state index contributed by atoms with van der Waals surface area (Å²) in [5.41, 5.74) is 1.03. The van der Waals surface area contributed by atoms with E-state index in [1.165, 1.54) is 0 Å². The highest BCUT2D eigenvalue weighted by molar-refractivity contribution is 6.52. The zero-order chi connectivity index (χ0) is 14.2. The van der Waals surface area contributed by atoms with Gasteiger partial charge in [0.1, 0.15) is 10.2 Å². The van der Waals surface area contributed by atoms with Crippen LogP contribution >= 0.6 is 23.2 Å². The highest BCUT2D eigenvalue weighted by Crippen LogP contribution is 2.53. The summed E-state index contributed by atoms with van der Waals surface area (Å²) in [4.78, 5) is 18.3. The number of ether oxygens (including phenoxy) is 1. The number of alkyl halides is 2. The Hall–Kier alpha value is -1.04. The Morgan fingerprint density at radius 2 is 2.10 bits per heavy atom. The predicted molar refractivity (Wildman–Crippen MR) is 78.4 cm³/mol. The largest absolute Gasteiger partial charge is 0.378 e. The van der Waals surface area contributed by atoms with Crippen LogP contribution in [0.1, 0.15) is 6.42 Å². The molecule has 2 heterocycles. The average molecular weight is 316 g/mol. The summed E-state index contributed by atoms with van der Waals surface area (Å²) >= 11 is 11.7. The molecular weight excluding hydrogens is 301 g/mol. The fourth-order valence-corrected chi connectivity index (χ4v) is 2.69. The average Bonchev–Trinajstić information content (AvgIpc) is 3.10. The third-order valence-corrected chi connectivity index (χ3v) is 4.35. The lowest BCUT2D eigenvalue weighted by molar-refractivity contribution is -0.117. The third kappa shape index (κ3) is 3.00. The molecule has 2 aliphatic rings.